The van der Waals surface area contributed by atoms with E-state index >= 15 is 0 Å². The lowest BCUT2D eigenvalue weighted by Crippen LogP contribution is -2.39. The molecule has 1 aliphatic carbocycles. The molecule has 21 heavy (non-hydrogen) atoms. The third-order valence-corrected chi connectivity index (χ3v) is 4.08. The van der Waals surface area contributed by atoms with Gasteiger partial charge in [-0.25, -0.2) is 0 Å². The van der Waals surface area contributed by atoms with Crippen molar-refractivity contribution < 1.29 is 18.8 Å². The van der Waals surface area contributed by atoms with Gasteiger partial charge in [0.25, 0.3) is 0 Å². The molecule has 1 aromatic carbocycles. The first-order valence-corrected chi connectivity index (χ1v) is 7.06. The number of nitro benzene ring substituents is 1. The Kier molecular flexibility index (Phi) is 3.77. The van der Waals surface area contributed by atoms with Gasteiger partial charge in [0.2, 0.25) is 5.82 Å². The third kappa shape index (κ3) is 2.98. The van der Waals surface area contributed by atoms with E-state index in [0.717, 1.165) is 25.7 Å². The van der Waals surface area contributed by atoms with Gasteiger partial charge in [-0.15, -0.1) is 0 Å². The standard InChI is InChI=1S/C14H17FN2O4/c15-12-9-11(1-2-13(12)17(18)19)16-10-3-5-14(6-4-10)20-7-8-21-14/h1-2,9-10,16H,3-8H2. The van der Waals surface area contributed by atoms with Crippen molar-refractivity contribution in [2.75, 3.05) is 18.5 Å². The lowest BCUT2D eigenvalue weighted by atomic mass is 9.90. The average molecular weight is 296 g/mol. The summed E-state index contributed by atoms with van der Waals surface area (Å²) < 4.78 is 24.9. The minimum Gasteiger partial charge on any atom is -0.382 e. The molecule has 0 aromatic heterocycles. The highest BCUT2D eigenvalue weighted by molar-refractivity contribution is 5.50. The van der Waals surface area contributed by atoms with E-state index in [1.54, 1.807) is 0 Å². The third-order valence-electron chi connectivity index (χ3n) is 4.08. The zero-order chi connectivity index (χ0) is 14.9. The van der Waals surface area contributed by atoms with E-state index in [1.165, 1.54) is 18.2 Å². The van der Waals surface area contributed by atoms with Gasteiger partial charge in [0, 0.05) is 36.7 Å². The summed E-state index contributed by atoms with van der Waals surface area (Å²) in [7, 11) is 0. The van der Waals surface area contributed by atoms with Crippen LogP contribution in [0.3, 0.4) is 0 Å². The Bertz CT molecular complexity index is 536. The SMILES string of the molecule is O=[N+]([O-])c1ccc(NC2CCC3(CC2)OCCO3)cc1F. The number of ether oxygens (including phenoxy) is 2. The Morgan fingerprint density at radius 1 is 1.29 bits per heavy atom. The Balaban J connectivity index is 1.60. The van der Waals surface area contributed by atoms with Crippen molar-refractivity contribution in [3.63, 3.8) is 0 Å². The first kappa shape index (κ1) is 14.2. The highest BCUT2D eigenvalue weighted by atomic mass is 19.1. The van der Waals surface area contributed by atoms with Crippen LogP contribution in [0.4, 0.5) is 15.8 Å². The van der Waals surface area contributed by atoms with Crippen molar-refractivity contribution in [1.82, 2.24) is 0 Å². The van der Waals surface area contributed by atoms with Gasteiger partial charge in [0.05, 0.1) is 18.1 Å². The maximum atomic E-state index is 13.6. The van der Waals surface area contributed by atoms with E-state index < -0.39 is 22.2 Å². The van der Waals surface area contributed by atoms with Crippen LogP contribution >= 0.6 is 0 Å². The topological polar surface area (TPSA) is 73.6 Å². The van der Waals surface area contributed by atoms with Gasteiger partial charge in [-0.3, -0.25) is 10.1 Å². The Labute approximate surface area is 121 Å². The van der Waals surface area contributed by atoms with E-state index in [2.05, 4.69) is 5.32 Å². The molecular formula is C14H17FN2O4. The molecule has 1 N–H and O–H groups in total. The summed E-state index contributed by atoms with van der Waals surface area (Å²) >= 11 is 0. The van der Waals surface area contributed by atoms with Crippen molar-refractivity contribution in [1.29, 1.82) is 0 Å². The van der Waals surface area contributed by atoms with Crippen LogP contribution < -0.4 is 5.32 Å². The van der Waals surface area contributed by atoms with Crippen LogP contribution in [0.2, 0.25) is 0 Å². The van der Waals surface area contributed by atoms with Gasteiger partial charge in [-0.05, 0) is 18.9 Å². The smallest absolute Gasteiger partial charge is 0.304 e. The van der Waals surface area contributed by atoms with E-state index in [-0.39, 0.29) is 6.04 Å². The number of benzene rings is 1. The van der Waals surface area contributed by atoms with Crippen molar-refractivity contribution in [2.45, 2.75) is 37.5 Å². The first-order valence-electron chi connectivity index (χ1n) is 7.06. The lowest BCUT2D eigenvalue weighted by Gasteiger charge is -2.36. The molecule has 0 unspecified atom stereocenters. The summed E-state index contributed by atoms with van der Waals surface area (Å²) in [6, 6.07) is 4.09. The largest absolute Gasteiger partial charge is 0.382 e. The molecule has 1 aromatic rings. The second kappa shape index (κ2) is 5.57. The fourth-order valence-electron chi connectivity index (χ4n) is 2.97. The molecule has 0 atom stereocenters. The normalized spacial score (nSPS) is 21.6. The van der Waals surface area contributed by atoms with Gasteiger partial charge in [0.1, 0.15) is 0 Å². The molecular weight excluding hydrogens is 279 g/mol. The van der Waals surface area contributed by atoms with E-state index in [1.807, 2.05) is 0 Å². The number of rotatable bonds is 3. The zero-order valence-corrected chi connectivity index (χ0v) is 11.5. The molecule has 1 spiro atoms. The van der Waals surface area contributed by atoms with E-state index in [9.17, 15) is 14.5 Å². The highest BCUT2D eigenvalue weighted by Gasteiger charge is 2.40. The Morgan fingerprint density at radius 3 is 2.52 bits per heavy atom. The van der Waals surface area contributed by atoms with Gasteiger partial charge < -0.3 is 14.8 Å². The molecule has 6 nitrogen and oxygen atoms in total. The van der Waals surface area contributed by atoms with Crippen LogP contribution in [-0.4, -0.2) is 30.0 Å². The summed E-state index contributed by atoms with van der Waals surface area (Å²) in [4.78, 5) is 9.86. The van der Waals surface area contributed by atoms with Crippen LogP contribution in [0.1, 0.15) is 25.7 Å². The van der Waals surface area contributed by atoms with Gasteiger partial charge >= 0.3 is 5.69 Å². The number of halogens is 1. The fraction of sp³-hybridized carbons (Fsp3) is 0.571. The Morgan fingerprint density at radius 2 is 1.95 bits per heavy atom. The number of nitrogens with zero attached hydrogens (tertiary/aromatic N) is 1. The van der Waals surface area contributed by atoms with Crippen LogP contribution in [-0.2, 0) is 9.47 Å². The predicted molar refractivity (Wildman–Crippen MR) is 73.6 cm³/mol. The minimum absolute atomic E-state index is 0.198. The molecule has 1 heterocycles. The lowest BCUT2D eigenvalue weighted by molar-refractivity contribution is -0.387. The summed E-state index contributed by atoms with van der Waals surface area (Å²) in [5, 5.41) is 13.8. The highest BCUT2D eigenvalue weighted by Crippen LogP contribution is 2.36. The van der Waals surface area contributed by atoms with Crippen molar-refractivity contribution in [2.24, 2.45) is 0 Å². The molecule has 7 heteroatoms. The number of nitro groups is 1. The van der Waals surface area contributed by atoms with E-state index in [4.69, 9.17) is 9.47 Å². The molecule has 2 aliphatic rings. The molecule has 2 fully saturated rings. The van der Waals surface area contributed by atoms with Crippen molar-refractivity contribution >= 4 is 11.4 Å². The van der Waals surface area contributed by atoms with Crippen LogP contribution in [0.5, 0.6) is 0 Å². The van der Waals surface area contributed by atoms with Gasteiger partial charge in [0.15, 0.2) is 5.79 Å². The maximum Gasteiger partial charge on any atom is 0.304 e. The monoisotopic (exact) mass is 296 g/mol. The second-order valence-electron chi connectivity index (χ2n) is 5.45. The quantitative estimate of drug-likeness (QED) is 0.686. The summed E-state index contributed by atoms with van der Waals surface area (Å²) in [5.74, 6) is -1.24. The Hall–Kier alpha value is -1.73. The fourth-order valence-corrected chi connectivity index (χ4v) is 2.97. The van der Waals surface area contributed by atoms with E-state index in [0.29, 0.717) is 18.9 Å². The zero-order valence-electron chi connectivity index (χ0n) is 11.5. The number of hydrogen-bond donors (Lipinski definition) is 1. The van der Waals surface area contributed by atoms with Crippen LogP contribution in [0, 0.1) is 15.9 Å². The molecule has 0 bridgehead atoms. The summed E-state index contributed by atoms with van der Waals surface area (Å²) in [6.07, 6.45) is 3.33. The molecule has 3 rings (SSSR count). The van der Waals surface area contributed by atoms with Gasteiger partial charge in [-0.2, -0.15) is 4.39 Å². The maximum absolute atomic E-state index is 13.6. The molecule has 0 radical (unpaired) electrons. The average Bonchev–Trinajstić information content (AvgIpc) is 2.90. The van der Waals surface area contributed by atoms with Crippen LogP contribution in [0.15, 0.2) is 18.2 Å². The molecule has 1 aliphatic heterocycles. The minimum atomic E-state index is -0.820. The van der Waals surface area contributed by atoms with Crippen molar-refractivity contribution in [3.05, 3.63) is 34.1 Å². The van der Waals surface area contributed by atoms with Crippen molar-refractivity contribution in [3.8, 4) is 0 Å². The molecule has 0 amide bonds. The molecule has 1 saturated heterocycles. The first-order chi connectivity index (χ1) is 10.1. The van der Waals surface area contributed by atoms with Gasteiger partial charge in [-0.1, -0.05) is 0 Å². The number of anilines is 1. The number of hydrogen-bond acceptors (Lipinski definition) is 5. The predicted octanol–water partition coefficient (Wildman–Crippen LogP) is 2.83. The summed E-state index contributed by atoms with van der Waals surface area (Å²) in [6.45, 7) is 1.29. The summed E-state index contributed by atoms with van der Waals surface area (Å²) in [5.41, 5.74) is 0.0585. The van der Waals surface area contributed by atoms with Crippen LogP contribution in [0.25, 0.3) is 0 Å². The second-order valence-corrected chi connectivity index (χ2v) is 5.45. The molecule has 114 valence electrons. The number of nitrogens with one attached hydrogen (secondary N) is 1. The molecule has 1 saturated carbocycles.